The van der Waals surface area contributed by atoms with E-state index in [4.69, 9.17) is 9.47 Å². The van der Waals surface area contributed by atoms with E-state index in [1.807, 2.05) is 7.05 Å². The summed E-state index contributed by atoms with van der Waals surface area (Å²) >= 11 is 0. The number of imidazole rings is 1. The fourth-order valence-electron chi connectivity index (χ4n) is 3.14. The number of methoxy groups -OCH3 is 2. The van der Waals surface area contributed by atoms with Gasteiger partial charge in [-0.2, -0.15) is 4.31 Å². The number of carbonyl (C=O) groups excluding carboxylic acids is 1. The number of piperazine rings is 1. The summed E-state index contributed by atoms with van der Waals surface area (Å²) in [6, 6.07) is 3.72. The number of esters is 1. The van der Waals surface area contributed by atoms with E-state index < -0.39 is 22.0 Å². The van der Waals surface area contributed by atoms with Crippen molar-refractivity contribution in [3.05, 3.63) is 42.0 Å². The molecule has 0 radical (unpaired) electrons. The van der Waals surface area contributed by atoms with E-state index >= 15 is 0 Å². The molecular formula is C17H23ClN4O5S. The minimum Gasteiger partial charge on any atom is -0.496 e. The largest absolute Gasteiger partial charge is 0.496 e. The number of ether oxygens (including phenoxy) is 2. The Hall–Kier alpha value is -2.14. The fraction of sp³-hybridized carbons (Fsp3) is 0.412. The summed E-state index contributed by atoms with van der Waals surface area (Å²) in [4.78, 5) is 16.3. The van der Waals surface area contributed by atoms with Crippen molar-refractivity contribution in [2.45, 2.75) is 10.9 Å². The lowest BCUT2D eigenvalue weighted by Crippen LogP contribution is -2.49. The number of nitrogens with zero attached hydrogens (tertiary/aromatic N) is 3. The predicted octanol–water partition coefficient (Wildman–Crippen LogP) is 0.972. The van der Waals surface area contributed by atoms with Gasteiger partial charge in [-0.25, -0.2) is 18.2 Å². The van der Waals surface area contributed by atoms with Crippen LogP contribution in [0.2, 0.25) is 0 Å². The lowest BCUT2D eigenvalue weighted by atomic mass is 10.2. The number of aromatic nitrogens is 2. The second kappa shape index (κ2) is 8.91. The van der Waals surface area contributed by atoms with Crippen molar-refractivity contribution in [3.8, 4) is 5.75 Å². The van der Waals surface area contributed by atoms with Gasteiger partial charge in [0.2, 0.25) is 10.0 Å². The number of rotatable bonds is 5. The Morgan fingerprint density at radius 3 is 2.68 bits per heavy atom. The molecule has 3 rings (SSSR count). The summed E-state index contributed by atoms with van der Waals surface area (Å²) in [7, 11) is 0.596. The van der Waals surface area contributed by atoms with Gasteiger partial charge in [0.25, 0.3) is 0 Å². The second-order valence-corrected chi connectivity index (χ2v) is 7.98. The van der Waals surface area contributed by atoms with Crippen molar-refractivity contribution in [1.82, 2.24) is 19.2 Å². The van der Waals surface area contributed by atoms with Crippen molar-refractivity contribution >= 4 is 28.4 Å². The molecule has 11 heteroatoms. The number of benzene rings is 1. The molecular weight excluding hydrogens is 408 g/mol. The summed E-state index contributed by atoms with van der Waals surface area (Å²) in [6.45, 7) is 1.27. The SMILES string of the molecule is COC(=O)c1cc(S(=O)(=O)N2CCNCC2c2nccn2C)ccc1OC.Cl. The molecule has 2 aromatic rings. The van der Waals surface area contributed by atoms with Crippen LogP contribution >= 0.6 is 12.4 Å². The minimum atomic E-state index is -3.87. The number of hydrogen-bond donors (Lipinski definition) is 1. The molecule has 1 unspecified atom stereocenters. The lowest BCUT2D eigenvalue weighted by Gasteiger charge is -2.34. The molecule has 0 spiro atoms. The Kier molecular flexibility index (Phi) is 7.05. The van der Waals surface area contributed by atoms with Gasteiger partial charge in [0.05, 0.1) is 25.2 Å². The standard InChI is InChI=1S/C17H22N4O5S.ClH/c1-20-8-7-19-16(20)14-11-18-6-9-21(14)27(23,24)12-4-5-15(25-2)13(10-12)17(22)26-3;/h4-5,7-8,10,14,18H,6,9,11H2,1-3H3;1H. The van der Waals surface area contributed by atoms with Crippen molar-refractivity contribution < 1.29 is 22.7 Å². The summed E-state index contributed by atoms with van der Waals surface area (Å²) in [5.74, 6) is 0.235. The Balaban J connectivity index is 0.00000280. The molecule has 1 aromatic heterocycles. The van der Waals surface area contributed by atoms with Crippen LogP contribution in [-0.2, 0) is 21.8 Å². The molecule has 9 nitrogen and oxygen atoms in total. The smallest absolute Gasteiger partial charge is 0.341 e. The van der Waals surface area contributed by atoms with E-state index in [2.05, 4.69) is 10.3 Å². The maximum Gasteiger partial charge on any atom is 0.341 e. The Bertz CT molecular complexity index is 947. The van der Waals surface area contributed by atoms with Crippen LogP contribution in [-0.4, -0.2) is 62.1 Å². The van der Waals surface area contributed by atoms with E-state index in [0.29, 0.717) is 25.5 Å². The fourth-order valence-corrected chi connectivity index (χ4v) is 4.76. The van der Waals surface area contributed by atoms with Gasteiger partial charge in [-0.15, -0.1) is 12.4 Å². The molecule has 1 fully saturated rings. The van der Waals surface area contributed by atoms with Crippen molar-refractivity contribution in [1.29, 1.82) is 0 Å². The summed E-state index contributed by atoms with van der Waals surface area (Å²) in [5.41, 5.74) is 0.0600. The van der Waals surface area contributed by atoms with Gasteiger partial charge in [0, 0.05) is 39.1 Å². The van der Waals surface area contributed by atoms with Crippen LogP contribution in [0.4, 0.5) is 0 Å². The highest BCUT2D eigenvalue weighted by Gasteiger charge is 2.37. The Morgan fingerprint density at radius 1 is 1.32 bits per heavy atom. The second-order valence-electron chi connectivity index (χ2n) is 6.09. The van der Waals surface area contributed by atoms with Gasteiger partial charge in [0.15, 0.2) is 0 Å². The maximum atomic E-state index is 13.3. The van der Waals surface area contributed by atoms with Crippen LogP contribution in [0.1, 0.15) is 22.2 Å². The van der Waals surface area contributed by atoms with Crippen molar-refractivity contribution in [2.24, 2.45) is 7.05 Å². The molecule has 2 heterocycles. The normalized spacial score (nSPS) is 17.6. The number of nitrogens with one attached hydrogen (secondary N) is 1. The molecule has 1 atom stereocenters. The Morgan fingerprint density at radius 2 is 2.07 bits per heavy atom. The van der Waals surface area contributed by atoms with Crippen LogP contribution in [0.3, 0.4) is 0 Å². The molecule has 0 saturated carbocycles. The van der Waals surface area contributed by atoms with Crippen LogP contribution < -0.4 is 10.1 Å². The van der Waals surface area contributed by atoms with E-state index in [9.17, 15) is 13.2 Å². The average molecular weight is 431 g/mol. The van der Waals surface area contributed by atoms with Gasteiger partial charge >= 0.3 is 5.97 Å². The number of carbonyl (C=O) groups is 1. The van der Waals surface area contributed by atoms with Gasteiger partial charge in [-0.05, 0) is 18.2 Å². The lowest BCUT2D eigenvalue weighted by molar-refractivity contribution is 0.0596. The van der Waals surface area contributed by atoms with Gasteiger partial charge in [0.1, 0.15) is 17.1 Å². The van der Waals surface area contributed by atoms with Crippen LogP contribution in [0, 0.1) is 0 Å². The van der Waals surface area contributed by atoms with Gasteiger partial charge in [-0.3, -0.25) is 0 Å². The molecule has 1 saturated heterocycles. The molecule has 28 heavy (non-hydrogen) atoms. The molecule has 0 aliphatic carbocycles. The predicted molar refractivity (Wildman–Crippen MR) is 104 cm³/mol. The Labute approximate surface area is 170 Å². The zero-order chi connectivity index (χ0) is 19.6. The topological polar surface area (TPSA) is 103 Å². The van der Waals surface area contributed by atoms with Crippen LogP contribution in [0.25, 0.3) is 0 Å². The van der Waals surface area contributed by atoms with E-state index in [1.165, 1.54) is 36.7 Å². The van der Waals surface area contributed by atoms with E-state index in [-0.39, 0.29) is 28.6 Å². The molecule has 154 valence electrons. The number of sulfonamides is 1. The molecule has 0 bridgehead atoms. The van der Waals surface area contributed by atoms with Gasteiger partial charge < -0.3 is 19.4 Å². The zero-order valence-corrected chi connectivity index (χ0v) is 17.4. The summed E-state index contributed by atoms with van der Waals surface area (Å²) in [5, 5.41) is 3.21. The molecule has 1 aliphatic rings. The highest BCUT2D eigenvalue weighted by molar-refractivity contribution is 7.89. The number of halogens is 1. The highest BCUT2D eigenvalue weighted by atomic mass is 35.5. The van der Waals surface area contributed by atoms with Crippen molar-refractivity contribution in [2.75, 3.05) is 33.9 Å². The minimum absolute atomic E-state index is 0. The first-order valence-corrected chi connectivity index (χ1v) is 9.80. The van der Waals surface area contributed by atoms with Crippen molar-refractivity contribution in [3.63, 3.8) is 0 Å². The highest BCUT2D eigenvalue weighted by Crippen LogP contribution is 2.30. The average Bonchev–Trinajstić information content (AvgIpc) is 3.12. The molecule has 1 aromatic carbocycles. The third kappa shape index (κ3) is 4.00. The molecule has 1 N–H and O–H groups in total. The zero-order valence-electron chi connectivity index (χ0n) is 15.8. The van der Waals surface area contributed by atoms with Crippen LogP contribution in [0.15, 0.2) is 35.5 Å². The first-order chi connectivity index (χ1) is 12.9. The van der Waals surface area contributed by atoms with E-state index in [1.54, 1.807) is 17.0 Å². The first-order valence-electron chi connectivity index (χ1n) is 8.36. The number of hydrogen-bond acceptors (Lipinski definition) is 7. The van der Waals surface area contributed by atoms with Gasteiger partial charge in [-0.1, -0.05) is 0 Å². The first kappa shape index (κ1) is 22.2. The maximum absolute atomic E-state index is 13.3. The third-order valence-electron chi connectivity index (χ3n) is 4.53. The quantitative estimate of drug-likeness (QED) is 0.705. The summed E-state index contributed by atoms with van der Waals surface area (Å²) in [6.07, 6.45) is 3.41. The van der Waals surface area contributed by atoms with E-state index in [0.717, 1.165) is 0 Å². The monoisotopic (exact) mass is 430 g/mol. The van der Waals surface area contributed by atoms with Crippen LogP contribution in [0.5, 0.6) is 5.75 Å². The molecule has 0 amide bonds. The molecule has 1 aliphatic heterocycles. The third-order valence-corrected chi connectivity index (χ3v) is 6.44. The number of aryl methyl sites for hydroxylation is 1. The summed E-state index contributed by atoms with van der Waals surface area (Å²) < 4.78 is 39.8.